The maximum absolute atomic E-state index is 12.2. The molecule has 0 aliphatic rings. The molecule has 0 aliphatic carbocycles. The molecule has 0 spiro atoms. The molecule has 0 atom stereocenters. The number of benzene rings is 2. The molecule has 0 unspecified atom stereocenters. The summed E-state index contributed by atoms with van der Waals surface area (Å²) in [6, 6.07) is 14.1. The van der Waals surface area contributed by atoms with Crippen LogP contribution in [0.1, 0.15) is 0 Å². The van der Waals surface area contributed by atoms with Crippen LogP contribution in [0.5, 0.6) is 0 Å². The Morgan fingerprint density at radius 2 is 0.875 bits per heavy atom. The first-order valence-corrected chi connectivity index (χ1v) is 4.91. The fourth-order valence-corrected chi connectivity index (χ4v) is 1.50. The minimum absolute atomic E-state index is 0.539. The van der Waals surface area contributed by atoms with Gasteiger partial charge < -0.3 is 0 Å². The molecule has 0 nitrogen and oxygen atoms in total. The summed E-state index contributed by atoms with van der Waals surface area (Å²) >= 11 is 0. The molecule has 2 aromatic carbocycles. The van der Waals surface area contributed by atoms with E-state index in [1.165, 1.54) is 0 Å². The Morgan fingerprint density at radius 1 is 0.562 bits per heavy atom. The number of halogens is 2. The molecule has 0 saturated heterocycles. The van der Waals surface area contributed by atoms with Crippen molar-refractivity contribution < 1.29 is 8.78 Å². The van der Waals surface area contributed by atoms with Crippen molar-refractivity contribution >= 4 is 12.7 Å². The second kappa shape index (κ2) is 4.71. The monoisotopic (exact) mass is 216 g/mol. The summed E-state index contributed by atoms with van der Waals surface area (Å²) in [6.07, 6.45) is 1.12. The van der Waals surface area contributed by atoms with Crippen molar-refractivity contribution in [3.63, 3.8) is 0 Å². The molecular formula is C14H10F2. The standard InChI is InChI=1S/C14H10F2/c15-9-11-1-5-13(6-2-11)14-7-3-12(10-16)4-8-14/h1-10H. The quantitative estimate of drug-likeness (QED) is 0.634. The van der Waals surface area contributed by atoms with Gasteiger partial charge in [0.2, 0.25) is 0 Å². The lowest BCUT2D eigenvalue weighted by atomic mass is 10.2. The molecule has 0 amide bonds. The molecule has 0 aromatic heterocycles. The van der Waals surface area contributed by atoms with Crippen molar-refractivity contribution in [1.29, 1.82) is 0 Å². The summed E-state index contributed by atoms with van der Waals surface area (Å²) in [6.45, 7) is 0. The summed E-state index contributed by atoms with van der Waals surface area (Å²) in [5, 5.41) is 3.04. The fourth-order valence-electron chi connectivity index (χ4n) is 1.50. The number of rotatable bonds is 0. The predicted molar refractivity (Wildman–Crippen MR) is 61.0 cm³/mol. The predicted octanol–water partition coefficient (Wildman–Crippen LogP) is 2.39. The molecule has 2 heteroatoms. The van der Waals surface area contributed by atoms with E-state index in [1.54, 1.807) is 24.3 Å². The molecule has 0 saturated carbocycles. The Balaban J connectivity index is 2.70. The van der Waals surface area contributed by atoms with Gasteiger partial charge in [0, 0.05) is 10.4 Å². The fraction of sp³-hybridized carbons (Fsp3) is 0. The summed E-state index contributed by atoms with van der Waals surface area (Å²) in [5.74, 6) is 0. The zero-order chi connectivity index (χ0) is 11.4. The van der Waals surface area contributed by atoms with Crippen molar-refractivity contribution in [1.82, 2.24) is 0 Å². The van der Waals surface area contributed by atoms with Gasteiger partial charge in [-0.15, -0.1) is 0 Å². The molecule has 80 valence electrons. The third kappa shape index (κ3) is 2.16. The van der Waals surface area contributed by atoms with Crippen molar-refractivity contribution in [2.24, 2.45) is 0 Å². The first-order valence-electron chi connectivity index (χ1n) is 4.91. The van der Waals surface area contributed by atoms with E-state index in [4.69, 9.17) is 0 Å². The molecule has 0 aliphatic heterocycles. The first-order chi connectivity index (χ1) is 7.83. The van der Waals surface area contributed by atoms with Crippen LogP contribution in [-0.4, -0.2) is 0 Å². The van der Waals surface area contributed by atoms with E-state index in [2.05, 4.69) is 0 Å². The van der Waals surface area contributed by atoms with E-state index >= 15 is 0 Å². The minimum Gasteiger partial charge on any atom is -0.215 e. The van der Waals surface area contributed by atoms with Crippen LogP contribution in [0.25, 0.3) is 12.7 Å². The SMILES string of the molecule is FC=c1ccc(=c2ccc(=CF)cc2)cc1. The van der Waals surface area contributed by atoms with Crippen molar-refractivity contribution in [3.8, 4) is 0 Å². The largest absolute Gasteiger partial charge is 0.215 e. The van der Waals surface area contributed by atoms with Crippen LogP contribution in [0.15, 0.2) is 48.5 Å². The summed E-state index contributed by atoms with van der Waals surface area (Å²) in [4.78, 5) is 0. The molecule has 0 bridgehead atoms. The highest BCUT2D eigenvalue weighted by atomic mass is 19.1. The van der Waals surface area contributed by atoms with Crippen LogP contribution in [-0.2, 0) is 0 Å². The van der Waals surface area contributed by atoms with Gasteiger partial charge in [-0.3, -0.25) is 0 Å². The van der Waals surface area contributed by atoms with E-state index in [9.17, 15) is 8.78 Å². The van der Waals surface area contributed by atoms with Gasteiger partial charge >= 0.3 is 0 Å². The van der Waals surface area contributed by atoms with Crippen LogP contribution < -0.4 is 10.4 Å². The third-order valence-electron chi connectivity index (χ3n) is 2.41. The molecule has 2 rings (SSSR count). The Bertz CT molecular complexity index is 579. The van der Waals surface area contributed by atoms with Crippen molar-refractivity contribution in [3.05, 3.63) is 69.4 Å². The van der Waals surface area contributed by atoms with Gasteiger partial charge in [-0.2, -0.15) is 0 Å². The maximum Gasteiger partial charge on any atom is 0.0939 e. The van der Waals surface area contributed by atoms with Crippen LogP contribution in [0.3, 0.4) is 0 Å². The number of hydrogen-bond acceptors (Lipinski definition) is 0. The highest BCUT2D eigenvalue weighted by Gasteiger charge is 1.84. The molecule has 0 heterocycles. The Kier molecular flexibility index (Phi) is 3.10. The van der Waals surface area contributed by atoms with Gasteiger partial charge in [0.25, 0.3) is 0 Å². The van der Waals surface area contributed by atoms with E-state index in [0.717, 1.165) is 10.4 Å². The topological polar surface area (TPSA) is 0 Å². The third-order valence-corrected chi connectivity index (χ3v) is 2.41. The molecule has 0 fully saturated rings. The van der Waals surface area contributed by atoms with Crippen LogP contribution in [0.4, 0.5) is 8.78 Å². The molecule has 2 aromatic rings. The highest BCUT2D eigenvalue weighted by Crippen LogP contribution is 1.93. The molecular weight excluding hydrogens is 206 g/mol. The second-order valence-corrected chi connectivity index (χ2v) is 3.46. The van der Waals surface area contributed by atoms with Gasteiger partial charge in [-0.05, 0) is 10.4 Å². The Hall–Kier alpha value is -1.96. The van der Waals surface area contributed by atoms with Crippen LogP contribution in [0.2, 0.25) is 0 Å². The molecule has 16 heavy (non-hydrogen) atoms. The zero-order valence-corrected chi connectivity index (χ0v) is 8.53. The van der Waals surface area contributed by atoms with Gasteiger partial charge in [0.1, 0.15) is 0 Å². The highest BCUT2D eigenvalue weighted by molar-refractivity contribution is 5.22. The van der Waals surface area contributed by atoms with E-state index in [1.807, 2.05) is 24.3 Å². The second-order valence-electron chi connectivity index (χ2n) is 3.46. The van der Waals surface area contributed by atoms with E-state index < -0.39 is 0 Å². The number of hydrogen-bond donors (Lipinski definition) is 0. The summed E-state index contributed by atoms with van der Waals surface area (Å²) in [7, 11) is 0. The van der Waals surface area contributed by atoms with Crippen molar-refractivity contribution in [2.45, 2.75) is 0 Å². The Labute approximate surface area is 91.5 Å². The Morgan fingerprint density at radius 3 is 1.12 bits per heavy atom. The average molecular weight is 216 g/mol. The average Bonchev–Trinajstić information content (AvgIpc) is 2.39. The zero-order valence-electron chi connectivity index (χ0n) is 8.53. The normalized spacial score (nSPS) is 9.88. The van der Waals surface area contributed by atoms with Crippen LogP contribution in [0, 0.1) is 10.4 Å². The minimum atomic E-state index is 0.539. The van der Waals surface area contributed by atoms with Gasteiger partial charge in [-0.25, -0.2) is 8.78 Å². The van der Waals surface area contributed by atoms with Gasteiger partial charge in [0.15, 0.2) is 0 Å². The van der Waals surface area contributed by atoms with Gasteiger partial charge in [0.05, 0.1) is 12.7 Å². The van der Waals surface area contributed by atoms with Gasteiger partial charge in [-0.1, -0.05) is 48.5 Å². The van der Waals surface area contributed by atoms with Crippen LogP contribution >= 0.6 is 0 Å². The smallest absolute Gasteiger partial charge is 0.0939 e. The van der Waals surface area contributed by atoms with Crippen molar-refractivity contribution in [2.75, 3.05) is 0 Å². The first kappa shape index (κ1) is 10.6. The lowest BCUT2D eigenvalue weighted by molar-refractivity contribution is 0.797. The maximum atomic E-state index is 12.2. The molecule has 0 N–H and O–H groups in total. The lowest BCUT2D eigenvalue weighted by Crippen LogP contribution is -1.96. The van der Waals surface area contributed by atoms with E-state index in [-0.39, 0.29) is 0 Å². The molecule has 0 radical (unpaired) electrons. The van der Waals surface area contributed by atoms with E-state index in [0.29, 0.717) is 23.1 Å². The summed E-state index contributed by atoms with van der Waals surface area (Å²) in [5.41, 5.74) is 0. The summed E-state index contributed by atoms with van der Waals surface area (Å²) < 4.78 is 24.4. The lowest BCUT2D eigenvalue weighted by Gasteiger charge is -1.89.